The molecule has 1 spiro atoms. The third-order valence-electron chi connectivity index (χ3n) is 8.17. The molecule has 2 aromatic carbocycles. The zero-order valence-electron chi connectivity index (χ0n) is 25.3. The number of fused-ring (bicyclic) bond motifs is 4. The van der Waals surface area contributed by atoms with Crippen LogP contribution in [0.3, 0.4) is 0 Å². The van der Waals surface area contributed by atoms with E-state index in [9.17, 15) is 13.2 Å². The van der Waals surface area contributed by atoms with E-state index in [1.807, 2.05) is 36.9 Å². The number of carbonyl (C=O) groups excluding carboxylic acids is 1. The van der Waals surface area contributed by atoms with Gasteiger partial charge in [0.05, 0.1) is 16.6 Å². The van der Waals surface area contributed by atoms with Crippen LogP contribution < -0.4 is 9.46 Å². The molecule has 2 saturated carbocycles. The van der Waals surface area contributed by atoms with E-state index >= 15 is 0 Å². The predicted octanol–water partition coefficient (Wildman–Crippen LogP) is 5.75. The van der Waals surface area contributed by atoms with E-state index in [1.54, 1.807) is 18.2 Å². The maximum Gasteiger partial charge on any atom is 0.264 e. The highest BCUT2D eigenvalue weighted by Crippen LogP contribution is 2.62. The van der Waals surface area contributed by atoms with Gasteiger partial charge in [-0.15, -0.1) is 0 Å². The lowest BCUT2D eigenvalue weighted by Gasteiger charge is -2.47. The number of amides is 1. The number of carbonyl (C=O) groups is 1. The van der Waals surface area contributed by atoms with Gasteiger partial charge in [0, 0.05) is 26.0 Å². The van der Waals surface area contributed by atoms with E-state index in [0.717, 1.165) is 16.7 Å². The summed E-state index contributed by atoms with van der Waals surface area (Å²) in [5, 5.41) is 0. The summed E-state index contributed by atoms with van der Waals surface area (Å²) in [5.41, 5.74) is 3.24. The molecule has 210 valence electrons. The minimum Gasteiger partial charge on any atom is -0.475 e. The maximum absolute atomic E-state index is 14.2. The van der Waals surface area contributed by atoms with Gasteiger partial charge in [0.1, 0.15) is 6.61 Å². The Bertz CT molecular complexity index is 1650. The Hall–Kier alpha value is -3.46. The zero-order valence-corrected chi connectivity index (χ0v) is 24.1. The number of nitrogens with zero attached hydrogens (tertiary/aromatic N) is 3. The van der Waals surface area contributed by atoms with Crippen LogP contribution in [0.5, 0.6) is 5.88 Å². The first-order valence-electron chi connectivity index (χ1n) is 14.8. The minimum absolute atomic E-state index is 0.0693. The normalized spacial score (nSPS) is 27.2. The summed E-state index contributed by atoms with van der Waals surface area (Å²) in [7, 11) is -4.14. The van der Waals surface area contributed by atoms with Crippen LogP contribution in [0.2, 0.25) is 0 Å². The Morgan fingerprint density at radius 2 is 1.82 bits per heavy atom. The summed E-state index contributed by atoms with van der Waals surface area (Å²) in [6, 6.07) is 13.1. The van der Waals surface area contributed by atoms with E-state index in [4.69, 9.17) is 7.48 Å². The average molecular weight is 563 g/mol. The van der Waals surface area contributed by atoms with Crippen molar-refractivity contribution in [3.8, 4) is 17.1 Å². The predicted molar refractivity (Wildman–Crippen MR) is 154 cm³/mol. The molecule has 2 heterocycles. The van der Waals surface area contributed by atoms with Gasteiger partial charge in [-0.1, -0.05) is 38.1 Å². The molecule has 40 heavy (non-hydrogen) atoms. The molecule has 8 nitrogen and oxygen atoms in total. The second-order valence-corrected chi connectivity index (χ2v) is 13.5. The Balaban J connectivity index is 1.47. The standard InChI is InChI=1S/C31H36N4O4S/c1-19(2)13-23-18-39-27-15-26(28-20(3)7-5-8-21(28)4)32-30(33-27)34-40(37,38)25-10-6-9-22(14-25)29(36)35(23)24-16-31(17-24)11-12-31/h5-10,14-15,19,23-24H,11-13,16-18H2,1-4H3,(H,32,33,34)/t23-/m1/s1/i11D2/t23-,24?,31?. The van der Waals surface area contributed by atoms with Crippen LogP contribution in [0, 0.1) is 25.2 Å². The second-order valence-electron chi connectivity index (χ2n) is 11.8. The van der Waals surface area contributed by atoms with Crippen molar-refractivity contribution < 1.29 is 20.7 Å². The molecule has 1 aliphatic heterocycles. The molecule has 1 N–H and O–H groups in total. The van der Waals surface area contributed by atoms with Crippen LogP contribution in [0.4, 0.5) is 5.95 Å². The fourth-order valence-electron chi connectivity index (χ4n) is 6.09. The number of anilines is 1. The topological polar surface area (TPSA) is 101 Å². The molecule has 2 aliphatic carbocycles. The van der Waals surface area contributed by atoms with Crippen LogP contribution in [-0.4, -0.2) is 47.9 Å². The quantitative estimate of drug-likeness (QED) is 0.434. The number of rotatable bonds is 4. The van der Waals surface area contributed by atoms with Crippen molar-refractivity contribution in [3.63, 3.8) is 0 Å². The van der Waals surface area contributed by atoms with Crippen molar-refractivity contribution in [2.45, 2.75) is 76.7 Å². The van der Waals surface area contributed by atoms with Crippen molar-refractivity contribution in [2.75, 3.05) is 11.3 Å². The fraction of sp³-hybridized carbons (Fsp3) is 0.452. The summed E-state index contributed by atoms with van der Waals surface area (Å²) in [5.74, 6) is 0.0486. The molecule has 1 aromatic heterocycles. The summed E-state index contributed by atoms with van der Waals surface area (Å²) < 4.78 is 52.3. The molecule has 9 heteroatoms. The van der Waals surface area contributed by atoms with Gasteiger partial charge in [-0.05, 0) is 86.6 Å². The van der Waals surface area contributed by atoms with Gasteiger partial charge in [-0.25, -0.2) is 18.1 Å². The number of aromatic nitrogens is 2. The Morgan fingerprint density at radius 3 is 2.50 bits per heavy atom. The lowest BCUT2D eigenvalue weighted by atomic mass is 9.75. The molecular formula is C31H36N4O4S. The molecule has 0 saturated heterocycles. The van der Waals surface area contributed by atoms with Crippen LogP contribution >= 0.6 is 0 Å². The first kappa shape index (κ1) is 24.3. The number of ether oxygens (including phenoxy) is 1. The third kappa shape index (κ3) is 5.07. The number of sulfonamides is 1. The van der Waals surface area contributed by atoms with Crippen molar-refractivity contribution in [1.82, 2.24) is 14.9 Å². The van der Waals surface area contributed by atoms with E-state index in [-0.39, 0.29) is 58.2 Å². The second kappa shape index (κ2) is 9.87. The summed E-state index contributed by atoms with van der Waals surface area (Å²) in [4.78, 5) is 24.9. The summed E-state index contributed by atoms with van der Waals surface area (Å²) in [6.45, 7) is 8.27. The smallest absolute Gasteiger partial charge is 0.264 e. The molecule has 1 amide bonds. The van der Waals surface area contributed by atoms with Gasteiger partial charge in [-0.3, -0.25) is 4.79 Å². The SMILES string of the molecule is [2H]C1([2H])CC12CC(N1C(=O)c3cccc(c3)S(=O)(=O)Nc3nc(cc(-c4c(C)cccc4C)n3)OC[C@H]1CC(C)C)C2. The van der Waals surface area contributed by atoms with E-state index in [1.165, 1.54) is 12.1 Å². The summed E-state index contributed by atoms with van der Waals surface area (Å²) in [6.07, 6.45) is 1.11. The number of nitrogens with one attached hydrogen (secondary N) is 1. The molecule has 4 bridgehead atoms. The minimum atomic E-state index is -4.14. The molecular weight excluding hydrogens is 524 g/mol. The van der Waals surface area contributed by atoms with Crippen molar-refractivity contribution >= 4 is 21.9 Å². The Morgan fingerprint density at radius 1 is 1.12 bits per heavy atom. The number of benzene rings is 2. The summed E-state index contributed by atoms with van der Waals surface area (Å²) >= 11 is 0. The lowest BCUT2D eigenvalue weighted by molar-refractivity contribution is 0.00919. The number of hydrogen-bond acceptors (Lipinski definition) is 6. The highest BCUT2D eigenvalue weighted by atomic mass is 32.2. The van der Waals surface area contributed by atoms with Gasteiger partial charge in [0.15, 0.2) is 0 Å². The van der Waals surface area contributed by atoms with Gasteiger partial charge >= 0.3 is 0 Å². The van der Waals surface area contributed by atoms with Gasteiger partial charge in [0.25, 0.3) is 15.9 Å². The van der Waals surface area contributed by atoms with Gasteiger partial charge in [-0.2, -0.15) is 4.98 Å². The molecule has 3 aromatic rings. The van der Waals surface area contributed by atoms with Gasteiger partial charge in [0.2, 0.25) is 11.8 Å². The Labute approximate surface area is 239 Å². The highest BCUT2D eigenvalue weighted by Gasteiger charge is 2.56. The number of hydrogen-bond donors (Lipinski definition) is 1. The molecule has 0 unspecified atom stereocenters. The van der Waals surface area contributed by atoms with E-state index < -0.39 is 16.4 Å². The van der Waals surface area contributed by atoms with Crippen LogP contribution in [0.15, 0.2) is 53.4 Å². The molecule has 6 rings (SSSR count). The zero-order chi connectivity index (χ0) is 30.0. The maximum atomic E-state index is 14.2. The largest absolute Gasteiger partial charge is 0.475 e. The van der Waals surface area contributed by atoms with E-state index in [0.29, 0.717) is 31.4 Å². The molecule has 1 atom stereocenters. The fourth-order valence-corrected chi connectivity index (χ4v) is 7.07. The molecule has 3 aliphatic rings. The van der Waals surface area contributed by atoms with Gasteiger partial charge < -0.3 is 9.64 Å². The van der Waals surface area contributed by atoms with Crippen molar-refractivity contribution in [1.29, 1.82) is 0 Å². The monoisotopic (exact) mass is 562 g/mol. The third-order valence-corrected chi connectivity index (χ3v) is 9.50. The van der Waals surface area contributed by atoms with E-state index in [2.05, 4.69) is 28.5 Å². The van der Waals surface area contributed by atoms with Crippen molar-refractivity contribution in [2.24, 2.45) is 11.3 Å². The average Bonchev–Trinajstić information content (AvgIpc) is 3.48. The first-order valence-corrected chi connectivity index (χ1v) is 15.3. The highest BCUT2D eigenvalue weighted by molar-refractivity contribution is 7.92. The lowest BCUT2D eigenvalue weighted by Crippen LogP contribution is -2.55. The molecule has 2 fully saturated rings. The van der Waals surface area contributed by atoms with Crippen LogP contribution in [0.1, 0.15) is 70.1 Å². The van der Waals surface area contributed by atoms with Crippen LogP contribution in [0.25, 0.3) is 11.3 Å². The van der Waals surface area contributed by atoms with Crippen molar-refractivity contribution in [3.05, 3.63) is 65.2 Å². The Kier molecular flexibility index (Phi) is 6.01. The van der Waals surface area contributed by atoms with Crippen LogP contribution in [-0.2, 0) is 10.0 Å². The first-order chi connectivity index (χ1) is 19.8. The molecule has 0 radical (unpaired) electrons. The number of aryl methyl sites for hydroxylation is 2.